The van der Waals surface area contributed by atoms with Crippen LogP contribution in [0.3, 0.4) is 0 Å². The van der Waals surface area contributed by atoms with Crippen molar-refractivity contribution in [2.24, 2.45) is 0 Å². The van der Waals surface area contributed by atoms with Gasteiger partial charge in [-0.3, -0.25) is 14.5 Å². The minimum absolute atomic E-state index is 0.109. The van der Waals surface area contributed by atoms with Crippen LogP contribution in [0.25, 0.3) is 0 Å². The molecule has 0 atom stereocenters. The van der Waals surface area contributed by atoms with Crippen molar-refractivity contribution in [3.05, 3.63) is 24.3 Å². The summed E-state index contributed by atoms with van der Waals surface area (Å²) < 4.78 is 0. The molecule has 0 spiro atoms. The van der Waals surface area contributed by atoms with Gasteiger partial charge in [-0.1, -0.05) is 31.4 Å². The number of nitriles is 1. The van der Waals surface area contributed by atoms with E-state index >= 15 is 0 Å². The van der Waals surface area contributed by atoms with Crippen molar-refractivity contribution in [3.8, 4) is 6.07 Å². The summed E-state index contributed by atoms with van der Waals surface area (Å²) in [6.45, 7) is 0.222. The summed E-state index contributed by atoms with van der Waals surface area (Å²) in [7, 11) is 3.45. The van der Waals surface area contributed by atoms with Crippen LogP contribution in [0.5, 0.6) is 0 Å². The predicted octanol–water partition coefficient (Wildman–Crippen LogP) is 2.96. The highest BCUT2D eigenvalue weighted by Gasteiger charge is 2.38. The van der Waals surface area contributed by atoms with Crippen LogP contribution in [0.2, 0.25) is 0 Å². The van der Waals surface area contributed by atoms with E-state index in [0.717, 1.165) is 42.7 Å². The molecule has 1 aliphatic rings. The number of likely N-dealkylation sites (N-methyl/N-ethyl adjacent to an activating group) is 2. The number of nitrogens with one attached hydrogen (secondary N) is 1. The van der Waals surface area contributed by atoms with Crippen molar-refractivity contribution >= 4 is 29.3 Å². The van der Waals surface area contributed by atoms with E-state index in [2.05, 4.69) is 11.4 Å². The summed E-state index contributed by atoms with van der Waals surface area (Å²) in [6.07, 6.45) is 6.46. The highest BCUT2D eigenvalue weighted by Crippen LogP contribution is 2.32. The largest absolute Gasteiger partial charge is 0.326 e. The summed E-state index contributed by atoms with van der Waals surface area (Å²) in [5, 5.41) is 12.5. The van der Waals surface area contributed by atoms with Crippen molar-refractivity contribution in [2.45, 2.75) is 42.5 Å². The number of nitrogens with zero attached hydrogens (tertiary/aromatic N) is 3. The first-order valence-electron chi connectivity index (χ1n) is 9.21. The first-order valence-corrected chi connectivity index (χ1v) is 10.4. The van der Waals surface area contributed by atoms with Gasteiger partial charge in [-0.15, -0.1) is 11.8 Å². The van der Waals surface area contributed by atoms with Gasteiger partial charge in [0.2, 0.25) is 11.8 Å². The Morgan fingerprint density at radius 1 is 1.19 bits per heavy atom. The fourth-order valence-electron chi connectivity index (χ4n) is 3.47. The molecule has 6 nitrogen and oxygen atoms in total. The lowest BCUT2D eigenvalue weighted by molar-refractivity contribution is -0.136. The average molecular weight is 389 g/mol. The molecular weight excluding hydrogens is 360 g/mol. The van der Waals surface area contributed by atoms with Crippen LogP contribution in [-0.4, -0.2) is 60.6 Å². The third-order valence-corrected chi connectivity index (χ3v) is 5.90. The van der Waals surface area contributed by atoms with E-state index < -0.39 is 5.54 Å². The Morgan fingerprint density at radius 3 is 2.48 bits per heavy atom. The molecular formula is C20H28N4O2S. The number of anilines is 1. The summed E-state index contributed by atoms with van der Waals surface area (Å²) in [5.41, 5.74) is 0.0768. The number of thioether (sulfide) groups is 1. The maximum absolute atomic E-state index is 12.7. The Morgan fingerprint density at radius 2 is 1.85 bits per heavy atom. The van der Waals surface area contributed by atoms with Gasteiger partial charge in [0.15, 0.2) is 0 Å². The normalized spacial score (nSPS) is 15.8. The maximum Gasteiger partial charge on any atom is 0.238 e. The van der Waals surface area contributed by atoms with E-state index in [-0.39, 0.29) is 24.9 Å². The molecule has 0 unspecified atom stereocenters. The van der Waals surface area contributed by atoms with Crippen molar-refractivity contribution in [1.29, 1.82) is 5.26 Å². The lowest BCUT2D eigenvalue weighted by Gasteiger charge is -2.39. The molecule has 0 aliphatic heterocycles. The van der Waals surface area contributed by atoms with Crippen LogP contribution in [-0.2, 0) is 9.59 Å². The number of rotatable bonds is 7. The van der Waals surface area contributed by atoms with Gasteiger partial charge in [-0.05, 0) is 38.3 Å². The van der Waals surface area contributed by atoms with Crippen LogP contribution in [0.4, 0.5) is 5.69 Å². The van der Waals surface area contributed by atoms with Gasteiger partial charge in [-0.2, -0.15) is 5.26 Å². The number of amides is 2. The molecule has 2 rings (SSSR count). The lowest BCUT2D eigenvalue weighted by atomic mass is 9.81. The monoisotopic (exact) mass is 388 g/mol. The quantitative estimate of drug-likeness (QED) is 0.727. The second-order valence-corrected chi connectivity index (χ2v) is 7.93. The summed E-state index contributed by atoms with van der Waals surface area (Å²) in [6, 6.07) is 9.99. The lowest BCUT2D eigenvalue weighted by Crippen LogP contribution is -2.52. The second-order valence-electron chi connectivity index (χ2n) is 7.08. The van der Waals surface area contributed by atoms with Crippen LogP contribution < -0.4 is 5.32 Å². The van der Waals surface area contributed by atoms with E-state index in [1.165, 1.54) is 0 Å². The second kappa shape index (κ2) is 9.77. The number of benzene rings is 1. The third kappa shape index (κ3) is 5.47. The van der Waals surface area contributed by atoms with Gasteiger partial charge in [0.1, 0.15) is 5.54 Å². The minimum Gasteiger partial charge on any atom is -0.326 e. The smallest absolute Gasteiger partial charge is 0.238 e. The molecule has 7 heteroatoms. The zero-order valence-electron chi connectivity index (χ0n) is 16.3. The van der Waals surface area contributed by atoms with Crippen molar-refractivity contribution in [2.75, 3.05) is 38.8 Å². The molecule has 1 saturated carbocycles. The summed E-state index contributed by atoms with van der Waals surface area (Å²) >= 11 is 1.57. The Balaban J connectivity index is 1.90. The first-order chi connectivity index (χ1) is 12.9. The van der Waals surface area contributed by atoms with E-state index in [9.17, 15) is 14.9 Å². The molecule has 146 valence electrons. The first kappa shape index (κ1) is 21.3. The molecule has 1 aliphatic carbocycles. The Bertz CT molecular complexity index is 710. The molecule has 0 bridgehead atoms. The maximum atomic E-state index is 12.7. The van der Waals surface area contributed by atoms with Crippen LogP contribution in [0.15, 0.2) is 29.2 Å². The van der Waals surface area contributed by atoms with Gasteiger partial charge in [0.25, 0.3) is 0 Å². The molecule has 1 N–H and O–H groups in total. The molecule has 1 fully saturated rings. The molecule has 0 saturated heterocycles. The molecule has 1 aromatic rings. The van der Waals surface area contributed by atoms with Crippen LogP contribution >= 0.6 is 11.8 Å². The number of hydrogen-bond acceptors (Lipinski definition) is 5. The number of para-hydroxylation sites is 1. The molecule has 1 aromatic carbocycles. The fourth-order valence-corrected chi connectivity index (χ4v) is 4.03. The van der Waals surface area contributed by atoms with Crippen LogP contribution in [0.1, 0.15) is 32.1 Å². The Kier molecular flexibility index (Phi) is 7.69. The van der Waals surface area contributed by atoms with Gasteiger partial charge < -0.3 is 10.2 Å². The van der Waals surface area contributed by atoms with Crippen molar-refractivity contribution in [3.63, 3.8) is 0 Å². The average Bonchev–Trinajstić information content (AvgIpc) is 2.68. The van der Waals surface area contributed by atoms with E-state index in [4.69, 9.17) is 0 Å². The predicted molar refractivity (Wildman–Crippen MR) is 109 cm³/mol. The molecule has 2 amide bonds. The number of carbonyl (C=O) groups is 2. The molecule has 0 aromatic heterocycles. The zero-order chi connectivity index (χ0) is 19.9. The fraction of sp³-hybridized carbons (Fsp3) is 0.550. The zero-order valence-corrected chi connectivity index (χ0v) is 17.1. The van der Waals surface area contributed by atoms with Gasteiger partial charge in [0, 0.05) is 11.9 Å². The minimum atomic E-state index is -0.699. The highest BCUT2D eigenvalue weighted by molar-refractivity contribution is 7.98. The molecule has 0 radical (unpaired) electrons. The van der Waals surface area contributed by atoms with E-state index in [0.29, 0.717) is 0 Å². The SMILES string of the molecule is CSc1ccccc1NC(=O)CN(C)CC(=O)N(C)C1(C#N)CCCCC1. The Hall–Kier alpha value is -2.04. The van der Waals surface area contributed by atoms with Gasteiger partial charge in [-0.25, -0.2) is 0 Å². The van der Waals surface area contributed by atoms with Gasteiger partial charge >= 0.3 is 0 Å². The standard InChI is InChI=1S/C20H28N4O2S/c1-23(13-18(25)22-16-9-5-6-10-17(16)27-3)14-19(26)24(2)20(15-21)11-7-4-8-12-20/h5-6,9-10H,4,7-8,11-14H2,1-3H3,(H,22,25). The highest BCUT2D eigenvalue weighted by atomic mass is 32.2. The summed E-state index contributed by atoms with van der Waals surface area (Å²) in [4.78, 5) is 29.2. The van der Waals surface area contributed by atoms with Crippen molar-refractivity contribution < 1.29 is 9.59 Å². The van der Waals surface area contributed by atoms with Gasteiger partial charge in [0.05, 0.1) is 24.8 Å². The Labute approximate surface area is 165 Å². The molecule has 27 heavy (non-hydrogen) atoms. The topological polar surface area (TPSA) is 76.4 Å². The number of carbonyl (C=O) groups excluding carboxylic acids is 2. The summed E-state index contributed by atoms with van der Waals surface area (Å²) in [5.74, 6) is -0.291. The van der Waals surface area contributed by atoms with E-state index in [1.54, 1.807) is 35.7 Å². The number of hydrogen-bond donors (Lipinski definition) is 1. The van der Waals surface area contributed by atoms with Crippen molar-refractivity contribution in [1.82, 2.24) is 9.80 Å². The molecule has 0 heterocycles. The third-order valence-electron chi connectivity index (χ3n) is 5.10. The van der Waals surface area contributed by atoms with Crippen LogP contribution in [0, 0.1) is 11.3 Å². The van der Waals surface area contributed by atoms with E-state index in [1.807, 2.05) is 30.5 Å².